The highest BCUT2D eigenvalue weighted by Crippen LogP contribution is 2.13. The lowest BCUT2D eigenvalue weighted by molar-refractivity contribution is -0.144. The maximum absolute atomic E-state index is 11.9. The Morgan fingerprint density at radius 2 is 1.75 bits per heavy atom. The first-order valence-electron chi connectivity index (χ1n) is 7.67. The Morgan fingerprint density at radius 3 is 2.42 bits per heavy atom. The minimum atomic E-state index is -0.419. The lowest BCUT2D eigenvalue weighted by Gasteiger charge is -2.07. The van der Waals surface area contributed by atoms with Crippen LogP contribution in [0.2, 0.25) is 0 Å². The fraction of sp³-hybridized carbons (Fsp3) is 0.263. The summed E-state index contributed by atoms with van der Waals surface area (Å²) in [7, 11) is 1.33. The van der Waals surface area contributed by atoms with Crippen LogP contribution in [0.5, 0.6) is 5.75 Å². The highest BCUT2D eigenvalue weighted by molar-refractivity contribution is 5.89. The standard InChI is InChI=1S/C19H20O5/c1-3-23-17-9-7-14(8-10-17)12-18(20)24-13-15-5-4-6-16(11-15)19(21)22-2/h4-11H,3,12-13H2,1-2H3. The molecule has 0 amide bonds. The molecule has 24 heavy (non-hydrogen) atoms. The summed E-state index contributed by atoms with van der Waals surface area (Å²) >= 11 is 0. The Hall–Kier alpha value is -2.82. The van der Waals surface area contributed by atoms with Gasteiger partial charge in [0.25, 0.3) is 0 Å². The van der Waals surface area contributed by atoms with E-state index in [1.165, 1.54) is 7.11 Å². The van der Waals surface area contributed by atoms with Gasteiger partial charge in [0.1, 0.15) is 12.4 Å². The number of carbonyl (C=O) groups is 2. The smallest absolute Gasteiger partial charge is 0.337 e. The highest BCUT2D eigenvalue weighted by Gasteiger charge is 2.08. The molecule has 0 radical (unpaired) electrons. The van der Waals surface area contributed by atoms with Crippen LogP contribution in [0.3, 0.4) is 0 Å². The number of hydrogen-bond donors (Lipinski definition) is 0. The fourth-order valence-electron chi connectivity index (χ4n) is 2.16. The van der Waals surface area contributed by atoms with Crippen molar-refractivity contribution in [2.45, 2.75) is 20.0 Å². The van der Waals surface area contributed by atoms with Gasteiger partial charge in [-0.2, -0.15) is 0 Å². The van der Waals surface area contributed by atoms with Crippen LogP contribution in [0, 0.1) is 0 Å². The predicted molar refractivity (Wildman–Crippen MR) is 88.9 cm³/mol. The average molecular weight is 328 g/mol. The molecule has 0 heterocycles. The third-order valence-corrected chi connectivity index (χ3v) is 3.33. The molecule has 0 aromatic heterocycles. The van der Waals surface area contributed by atoms with E-state index in [1.54, 1.807) is 24.3 Å². The molecule has 0 aliphatic rings. The van der Waals surface area contributed by atoms with E-state index >= 15 is 0 Å². The summed E-state index contributed by atoms with van der Waals surface area (Å²) in [6.07, 6.45) is 0.184. The van der Waals surface area contributed by atoms with Crippen LogP contribution in [0.1, 0.15) is 28.4 Å². The molecule has 0 fully saturated rings. The number of rotatable bonds is 7. The van der Waals surface area contributed by atoms with E-state index in [-0.39, 0.29) is 19.0 Å². The number of ether oxygens (including phenoxy) is 3. The van der Waals surface area contributed by atoms with Gasteiger partial charge in [0.15, 0.2) is 0 Å². The summed E-state index contributed by atoms with van der Waals surface area (Å²) in [4.78, 5) is 23.4. The molecule has 0 aliphatic heterocycles. The van der Waals surface area contributed by atoms with Gasteiger partial charge in [-0.15, -0.1) is 0 Å². The summed E-state index contributed by atoms with van der Waals surface area (Å²) in [6, 6.07) is 14.1. The maximum Gasteiger partial charge on any atom is 0.337 e. The summed E-state index contributed by atoms with van der Waals surface area (Å²) in [5.41, 5.74) is 2.02. The lowest BCUT2D eigenvalue weighted by atomic mass is 10.1. The molecule has 0 aliphatic carbocycles. The van der Waals surface area contributed by atoms with Crippen LogP contribution in [0.4, 0.5) is 0 Å². The van der Waals surface area contributed by atoms with Gasteiger partial charge in [-0.3, -0.25) is 4.79 Å². The van der Waals surface area contributed by atoms with E-state index in [1.807, 2.05) is 31.2 Å². The molecule has 5 nitrogen and oxygen atoms in total. The molecule has 0 saturated heterocycles. The molecule has 5 heteroatoms. The third kappa shape index (κ3) is 5.12. The summed E-state index contributed by atoms with van der Waals surface area (Å²) in [5.74, 6) is 0.0226. The normalized spacial score (nSPS) is 10.1. The van der Waals surface area contributed by atoms with E-state index < -0.39 is 5.97 Å². The van der Waals surface area contributed by atoms with Crippen molar-refractivity contribution in [2.24, 2.45) is 0 Å². The van der Waals surface area contributed by atoms with Gasteiger partial charge < -0.3 is 14.2 Å². The Labute approximate surface area is 141 Å². The summed E-state index contributed by atoms with van der Waals surface area (Å²) in [5, 5.41) is 0. The third-order valence-electron chi connectivity index (χ3n) is 3.33. The Bertz CT molecular complexity index is 691. The van der Waals surface area contributed by atoms with Crippen LogP contribution >= 0.6 is 0 Å². The SMILES string of the molecule is CCOc1ccc(CC(=O)OCc2cccc(C(=O)OC)c2)cc1. The average Bonchev–Trinajstić information content (AvgIpc) is 2.61. The Balaban J connectivity index is 1.87. The molecule has 2 aromatic carbocycles. The maximum atomic E-state index is 11.9. The molecule has 0 saturated carbocycles. The molecule has 2 rings (SSSR count). The summed E-state index contributed by atoms with van der Waals surface area (Å²) < 4.78 is 15.3. The van der Waals surface area contributed by atoms with Crippen LogP contribution < -0.4 is 4.74 Å². The van der Waals surface area contributed by atoms with Crippen molar-refractivity contribution in [3.8, 4) is 5.75 Å². The molecule has 0 N–H and O–H groups in total. The van der Waals surface area contributed by atoms with Crippen LogP contribution in [-0.2, 0) is 27.3 Å². The second-order valence-electron chi connectivity index (χ2n) is 5.11. The van der Waals surface area contributed by atoms with E-state index in [0.717, 1.165) is 16.9 Å². The quantitative estimate of drug-likeness (QED) is 0.731. The van der Waals surface area contributed by atoms with Crippen molar-refractivity contribution < 1.29 is 23.8 Å². The molecule has 0 spiro atoms. The molecule has 0 atom stereocenters. The number of hydrogen-bond acceptors (Lipinski definition) is 5. The Morgan fingerprint density at radius 1 is 1.00 bits per heavy atom. The van der Waals surface area contributed by atoms with E-state index in [0.29, 0.717) is 12.2 Å². The van der Waals surface area contributed by atoms with E-state index in [9.17, 15) is 9.59 Å². The van der Waals surface area contributed by atoms with Crippen LogP contribution in [0.25, 0.3) is 0 Å². The van der Waals surface area contributed by atoms with Crippen molar-refractivity contribution in [1.29, 1.82) is 0 Å². The van der Waals surface area contributed by atoms with Crippen molar-refractivity contribution in [3.05, 3.63) is 65.2 Å². The topological polar surface area (TPSA) is 61.8 Å². The molecular formula is C19H20O5. The first-order valence-corrected chi connectivity index (χ1v) is 7.67. The zero-order chi connectivity index (χ0) is 17.4. The summed E-state index contributed by atoms with van der Waals surface area (Å²) in [6.45, 7) is 2.63. The zero-order valence-electron chi connectivity index (χ0n) is 13.8. The first kappa shape index (κ1) is 17.5. The minimum Gasteiger partial charge on any atom is -0.494 e. The van der Waals surface area contributed by atoms with Gasteiger partial charge in [-0.05, 0) is 42.3 Å². The zero-order valence-corrected chi connectivity index (χ0v) is 13.8. The number of benzene rings is 2. The molecule has 126 valence electrons. The second-order valence-corrected chi connectivity index (χ2v) is 5.11. The largest absolute Gasteiger partial charge is 0.494 e. The first-order chi connectivity index (χ1) is 11.6. The van der Waals surface area contributed by atoms with Gasteiger partial charge >= 0.3 is 11.9 Å². The van der Waals surface area contributed by atoms with Crippen molar-refractivity contribution in [1.82, 2.24) is 0 Å². The van der Waals surface area contributed by atoms with Gasteiger partial charge in [-0.25, -0.2) is 4.79 Å². The second kappa shape index (κ2) is 8.72. The van der Waals surface area contributed by atoms with Crippen LogP contribution in [-0.4, -0.2) is 25.7 Å². The number of methoxy groups -OCH3 is 1. The van der Waals surface area contributed by atoms with Crippen molar-refractivity contribution >= 4 is 11.9 Å². The monoisotopic (exact) mass is 328 g/mol. The molecule has 0 unspecified atom stereocenters. The van der Waals surface area contributed by atoms with E-state index in [2.05, 4.69) is 4.74 Å². The van der Waals surface area contributed by atoms with Gasteiger partial charge in [0.2, 0.25) is 0 Å². The Kier molecular flexibility index (Phi) is 6.37. The highest BCUT2D eigenvalue weighted by atomic mass is 16.5. The van der Waals surface area contributed by atoms with Crippen molar-refractivity contribution in [2.75, 3.05) is 13.7 Å². The lowest BCUT2D eigenvalue weighted by Crippen LogP contribution is -2.09. The minimum absolute atomic E-state index is 0.112. The molecular weight excluding hydrogens is 308 g/mol. The van der Waals surface area contributed by atoms with Crippen molar-refractivity contribution in [3.63, 3.8) is 0 Å². The molecule has 2 aromatic rings. The number of carbonyl (C=O) groups excluding carboxylic acids is 2. The fourth-order valence-corrected chi connectivity index (χ4v) is 2.16. The number of esters is 2. The van der Waals surface area contributed by atoms with Gasteiger partial charge in [0.05, 0.1) is 25.7 Å². The predicted octanol–water partition coefficient (Wildman–Crippen LogP) is 3.16. The van der Waals surface area contributed by atoms with E-state index in [4.69, 9.17) is 9.47 Å². The van der Waals surface area contributed by atoms with Crippen LogP contribution in [0.15, 0.2) is 48.5 Å². The molecule has 0 bridgehead atoms. The van der Waals surface area contributed by atoms with Gasteiger partial charge in [-0.1, -0.05) is 24.3 Å². The van der Waals surface area contributed by atoms with Gasteiger partial charge in [0, 0.05) is 0 Å².